The van der Waals surface area contributed by atoms with E-state index in [0.717, 1.165) is 26.0 Å². The number of halogens is 1. The molecule has 0 heterocycles. The van der Waals surface area contributed by atoms with E-state index in [-0.39, 0.29) is 11.9 Å². The fourth-order valence-corrected chi connectivity index (χ4v) is 3.44. The van der Waals surface area contributed by atoms with Crippen LogP contribution in [0.2, 0.25) is 0 Å². The molecule has 0 saturated carbocycles. The molecule has 0 fully saturated rings. The molecule has 4 heteroatoms. The van der Waals surface area contributed by atoms with Gasteiger partial charge in [0.05, 0.1) is 18.7 Å². The van der Waals surface area contributed by atoms with E-state index in [1.165, 1.54) is 0 Å². The summed E-state index contributed by atoms with van der Waals surface area (Å²) in [6, 6.07) is 11.7. The van der Waals surface area contributed by atoms with Crippen molar-refractivity contribution >= 4 is 28.5 Å². The van der Waals surface area contributed by atoms with Gasteiger partial charge in [-0.05, 0) is 83.3 Å². The van der Waals surface area contributed by atoms with Crippen LogP contribution in [0.25, 0.3) is 0 Å². The number of ether oxygens (including phenoxy) is 1. The van der Waals surface area contributed by atoms with Crippen LogP contribution in [-0.2, 0) is 0 Å². The number of benzene rings is 2. The third-order valence-electron chi connectivity index (χ3n) is 4.17. The number of methoxy groups -OCH3 is 1. The molecule has 2 aromatic rings. The van der Waals surface area contributed by atoms with Crippen LogP contribution >= 0.6 is 22.6 Å². The Labute approximate surface area is 157 Å². The average molecular weight is 437 g/mol. The summed E-state index contributed by atoms with van der Waals surface area (Å²) in [4.78, 5) is 12.6. The molecule has 0 aliphatic heterocycles. The highest BCUT2D eigenvalue weighted by Crippen LogP contribution is 2.32. The maximum atomic E-state index is 12.6. The van der Waals surface area contributed by atoms with Gasteiger partial charge in [-0.2, -0.15) is 0 Å². The first-order chi connectivity index (χ1) is 11.3. The van der Waals surface area contributed by atoms with Gasteiger partial charge in [0.15, 0.2) is 0 Å². The highest BCUT2D eigenvalue weighted by molar-refractivity contribution is 14.1. The zero-order valence-corrected chi connectivity index (χ0v) is 17.0. The van der Waals surface area contributed by atoms with E-state index in [9.17, 15) is 4.79 Å². The molecule has 3 nitrogen and oxygen atoms in total. The van der Waals surface area contributed by atoms with Crippen molar-refractivity contribution in [2.24, 2.45) is 0 Å². The first kappa shape index (κ1) is 18.8. The molecule has 1 amide bonds. The van der Waals surface area contributed by atoms with Crippen molar-refractivity contribution in [1.29, 1.82) is 0 Å². The van der Waals surface area contributed by atoms with Crippen LogP contribution in [0, 0.1) is 10.5 Å². The highest BCUT2D eigenvalue weighted by Gasteiger charge is 2.18. The Morgan fingerprint density at radius 3 is 2.38 bits per heavy atom. The lowest BCUT2D eigenvalue weighted by Crippen LogP contribution is -2.28. The van der Waals surface area contributed by atoms with Crippen molar-refractivity contribution in [2.75, 3.05) is 7.11 Å². The minimum absolute atomic E-state index is 0.0474. The van der Waals surface area contributed by atoms with E-state index in [1.807, 2.05) is 31.2 Å². The molecule has 0 radical (unpaired) electrons. The number of amides is 1. The minimum atomic E-state index is -0.0723. The molecule has 0 spiro atoms. The number of nitrogens with one attached hydrogen (secondary N) is 1. The van der Waals surface area contributed by atoms with Crippen LogP contribution in [0.4, 0.5) is 0 Å². The fraction of sp³-hybridized carbons (Fsp3) is 0.350. The normalized spacial score (nSPS) is 12.1. The number of aryl methyl sites for hydroxylation is 1. The summed E-state index contributed by atoms with van der Waals surface area (Å²) in [6.07, 6.45) is 0. The smallest absolute Gasteiger partial charge is 0.252 e. The Hall–Kier alpha value is -1.56. The highest BCUT2D eigenvalue weighted by atomic mass is 127. The first-order valence-corrected chi connectivity index (χ1v) is 9.16. The molecular weight excluding hydrogens is 413 g/mol. The molecule has 1 atom stereocenters. The van der Waals surface area contributed by atoms with E-state index in [2.05, 4.69) is 60.8 Å². The lowest BCUT2D eigenvalue weighted by atomic mass is 9.93. The van der Waals surface area contributed by atoms with E-state index in [1.54, 1.807) is 7.11 Å². The maximum absolute atomic E-state index is 12.6. The molecule has 24 heavy (non-hydrogen) atoms. The Kier molecular flexibility index (Phi) is 6.27. The molecule has 0 aromatic heterocycles. The van der Waals surface area contributed by atoms with Gasteiger partial charge in [-0.25, -0.2) is 0 Å². The van der Waals surface area contributed by atoms with Crippen molar-refractivity contribution in [3.63, 3.8) is 0 Å². The van der Waals surface area contributed by atoms with E-state index >= 15 is 0 Å². The first-order valence-electron chi connectivity index (χ1n) is 8.09. The lowest BCUT2D eigenvalue weighted by Gasteiger charge is -2.21. The zero-order chi connectivity index (χ0) is 17.9. The van der Waals surface area contributed by atoms with Crippen molar-refractivity contribution < 1.29 is 9.53 Å². The van der Waals surface area contributed by atoms with Gasteiger partial charge in [0.2, 0.25) is 0 Å². The fourth-order valence-electron chi connectivity index (χ4n) is 2.81. The molecule has 1 N–H and O–H groups in total. The molecule has 0 aliphatic rings. The van der Waals surface area contributed by atoms with E-state index in [4.69, 9.17) is 4.74 Å². The molecule has 2 aromatic carbocycles. The lowest BCUT2D eigenvalue weighted by molar-refractivity contribution is 0.0939. The van der Waals surface area contributed by atoms with Gasteiger partial charge < -0.3 is 10.1 Å². The van der Waals surface area contributed by atoms with Gasteiger partial charge in [0.1, 0.15) is 5.75 Å². The van der Waals surface area contributed by atoms with Gasteiger partial charge in [-0.1, -0.05) is 26.0 Å². The largest absolute Gasteiger partial charge is 0.496 e. The molecule has 128 valence electrons. The third kappa shape index (κ3) is 4.09. The van der Waals surface area contributed by atoms with Crippen LogP contribution in [0.1, 0.15) is 59.8 Å². The van der Waals surface area contributed by atoms with Crippen LogP contribution in [0.15, 0.2) is 36.4 Å². The number of carbonyl (C=O) groups is 1. The summed E-state index contributed by atoms with van der Waals surface area (Å²) < 4.78 is 6.45. The summed E-state index contributed by atoms with van der Waals surface area (Å²) in [7, 11) is 1.70. The standard InChI is InChI=1S/C20H24INO2/c1-12(2)16-11-17(13(3)10-19(16)24-5)14(4)22-20(23)15-8-6-7-9-18(15)21/h6-12,14H,1-5H3,(H,22,23)/t14-/m0/s1. The van der Waals surface area contributed by atoms with E-state index < -0.39 is 0 Å². The summed E-state index contributed by atoms with van der Waals surface area (Å²) in [6.45, 7) is 8.36. The number of hydrogen-bond acceptors (Lipinski definition) is 2. The predicted molar refractivity (Wildman–Crippen MR) is 107 cm³/mol. The molecule has 0 saturated heterocycles. The van der Waals surface area contributed by atoms with Crippen molar-refractivity contribution in [2.45, 2.75) is 39.7 Å². The number of hydrogen-bond donors (Lipinski definition) is 1. The van der Waals surface area contributed by atoms with Crippen molar-refractivity contribution in [1.82, 2.24) is 5.32 Å². The molecule has 0 aliphatic carbocycles. The van der Waals surface area contributed by atoms with Gasteiger partial charge in [0, 0.05) is 3.57 Å². The predicted octanol–water partition coefficient (Wildman–Crippen LogP) is 5.22. The second-order valence-corrected chi connectivity index (χ2v) is 7.44. The Morgan fingerprint density at radius 2 is 1.79 bits per heavy atom. The Bertz CT molecular complexity index is 740. The van der Waals surface area contributed by atoms with Gasteiger partial charge in [0.25, 0.3) is 5.91 Å². The van der Waals surface area contributed by atoms with Gasteiger partial charge in [-0.3, -0.25) is 4.79 Å². The second-order valence-electron chi connectivity index (χ2n) is 6.28. The van der Waals surface area contributed by atoms with Crippen LogP contribution in [0.5, 0.6) is 5.75 Å². The zero-order valence-electron chi connectivity index (χ0n) is 14.8. The average Bonchev–Trinajstić information content (AvgIpc) is 2.54. The molecule has 2 rings (SSSR count). The quantitative estimate of drug-likeness (QED) is 0.652. The molecule has 0 bridgehead atoms. The monoisotopic (exact) mass is 437 g/mol. The SMILES string of the molecule is COc1cc(C)c([C@H](C)NC(=O)c2ccccc2I)cc1C(C)C. The minimum Gasteiger partial charge on any atom is -0.496 e. The van der Waals surface area contributed by atoms with E-state index in [0.29, 0.717) is 11.5 Å². The summed E-state index contributed by atoms with van der Waals surface area (Å²) in [5.41, 5.74) is 4.11. The second kappa shape index (κ2) is 8.01. The summed E-state index contributed by atoms with van der Waals surface area (Å²) in [5.74, 6) is 1.22. The Morgan fingerprint density at radius 1 is 1.12 bits per heavy atom. The van der Waals surface area contributed by atoms with Gasteiger partial charge in [-0.15, -0.1) is 0 Å². The topological polar surface area (TPSA) is 38.3 Å². The van der Waals surface area contributed by atoms with Crippen LogP contribution < -0.4 is 10.1 Å². The van der Waals surface area contributed by atoms with Crippen LogP contribution in [0.3, 0.4) is 0 Å². The Balaban J connectivity index is 2.29. The van der Waals surface area contributed by atoms with Crippen LogP contribution in [-0.4, -0.2) is 13.0 Å². The van der Waals surface area contributed by atoms with Crippen molar-refractivity contribution in [3.8, 4) is 5.75 Å². The summed E-state index contributed by atoms with van der Waals surface area (Å²) >= 11 is 2.19. The maximum Gasteiger partial charge on any atom is 0.252 e. The van der Waals surface area contributed by atoms with Gasteiger partial charge >= 0.3 is 0 Å². The number of rotatable bonds is 5. The third-order valence-corrected chi connectivity index (χ3v) is 5.11. The molecule has 0 unspecified atom stereocenters. The molecular formula is C20H24INO2. The van der Waals surface area contributed by atoms with Crippen molar-refractivity contribution in [3.05, 3.63) is 62.2 Å². The summed E-state index contributed by atoms with van der Waals surface area (Å²) in [5, 5.41) is 3.11. The number of carbonyl (C=O) groups excluding carboxylic acids is 1.